The first-order valence-corrected chi connectivity index (χ1v) is 7.52. The topological polar surface area (TPSA) is 92.5 Å². The van der Waals surface area contributed by atoms with E-state index in [1.54, 1.807) is 14.0 Å². The number of carboxylic acid groups (broad SMARTS) is 1. The smallest absolute Gasteiger partial charge is 0.322 e. The van der Waals surface area contributed by atoms with Gasteiger partial charge in [0.25, 0.3) is 10.0 Å². The average Bonchev–Trinajstić information content (AvgIpc) is 2.75. The van der Waals surface area contributed by atoms with E-state index in [2.05, 4.69) is 4.98 Å². The Hall–Kier alpha value is -1.41. The number of aryl methyl sites for hydroxylation is 1. The van der Waals surface area contributed by atoms with E-state index < -0.39 is 22.0 Å². The minimum atomic E-state index is -3.86. The third-order valence-electron chi connectivity index (χ3n) is 3.35. The van der Waals surface area contributed by atoms with Gasteiger partial charge >= 0.3 is 5.97 Å². The fourth-order valence-corrected chi connectivity index (χ4v) is 4.24. The Morgan fingerprint density at radius 2 is 2.16 bits per heavy atom. The molecular formula is C11H17N3O4S. The number of hydrogen-bond donors (Lipinski definition) is 1. The number of aromatic nitrogens is 2. The minimum Gasteiger partial charge on any atom is -0.480 e. The van der Waals surface area contributed by atoms with Gasteiger partial charge in [-0.3, -0.25) is 4.79 Å². The van der Waals surface area contributed by atoms with Crippen LogP contribution in [0.15, 0.2) is 17.6 Å². The molecule has 0 unspecified atom stereocenters. The second kappa shape index (κ2) is 4.93. The Kier molecular flexibility index (Phi) is 3.64. The summed E-state index contributed by atoms with van der Waals surface area (Å²) < 4.78 is 27.6. The first-order valence-electron chi connectivity index (χ1n) is 6.08. The van der Waals surface area contributed by atoms with Crippen molar-refractivity contribution < 1.29 is 18.3 Å². The molecule has 106 valence electrons. The number of nitrogens with zero attached hydrogens (tertiary/aromatic N) is 3. The molecule has 0 saturated carbocycles. The molecule has 0 radical (unpaired) electrons. The zero-order valence-corrected chi connectivity index (χ0v) is 11.7. The van der Waals surface area contributed by atoms with Crippen molar-refractivity contribution in [2.45, 2.75) is 43.3 Å². The molecule has 1 aliphatic heterocycles. The highest BCUT2D eigenvalue weighted by Gasteiger charge is 2.42. The molecule has 1 saturated heterocycles. The van der Waals surface area contributed by atoms with E-state index in [1.807, 2.05) is 0 Å². The maximum Gasteiger partial charge on any atom is 0.322 e. The summed E-state index contributed by atoms with van der Waals surface area (Å²) >= 11 is 0. The number of sulfonamides is 1. The van der Waals surface area contributed by atoms with Crippen LogP contribution >= 0.6 is 0 Å². The molecule has 0 aliphatic carbocycles. The molecule has 0 amide bonds. The summed E-state index contributed by atoms with van der Waals surface area (Å²) in [6.45, 7) is 1.73. The lowest BCUT2D eigenvalue weighted by Crippen LogP contribution is -2.52. The van der Waals surface area contributed by atoms with Gasteiger partial charge in [0.2, 0.25) is 0 Å². The van der Waals surface area contributed by atoms with Gasteiger partial charge in [-0.05, 0) is 26.2 Å². The predicted octanol–water partition coefficient (Wildman–Crippen LogP) is 0.436. The SMILES string of the molecule is C[C@@H]1CCC[C@H](C(=O)O)N1S(=O)(=O)c1cn(C)cn1. The summed E-state index contributed by atoms with van der Waals surface area (Å²) in [7, 11) is -2.20. The Labute approximate surface area is 111 Å². The fourth-order valence-electron chi connectivity index (χ4n) is 2.44. The molecule has 8 heteroatoms. The van der Waals surface area contributed by atoms with Crippen LogP contribution in [0.25, 0.3) is 0 Å². The number of piperidine rings is 1. The number of hydrogen-bond acceptors (Lipinski definition) is 4. The molecule has 19 heavy (non-hydrogen) atoms. The Morgan fingerprint density at radius 3 is 2.68 bits per heavy atom. The summed E-state index contributed by atoms with van der Waals surface area (Å²) in [4.78, 5) is 15.1. The van der Waals surface area contributed by atoms with Gasteiger partial charge < -0.3 is 9.67 Å². The first-order chi connectivity index (χ1) is 8.84. The normalized spacial score (nSPS) is 25.4. The molecule has 2 atom stereocenters. The van der Waals surface area contributed by atoms with Gasteiger partial charge in [-0.1, -0.05) is 0 Å². The maximum atomic E-state index is 12.5. The number of imidazole rings is 1. The predicted molar refractivity (Wildman–Crippen MR) is 67.0 cm³/mol. The lowest BCUT2D eigenvalue weighted by Gasteiger charge is -2.36. The zero-order chi connectivity index (χ0) is 14.2. The van der Waals surface area contributed by atoms with E-state index in [9.17, 15) is 18.3 Å². The lowest BCUT2D eigenvalue weighted by molar-refractivity contribution is -0.143. The highest BCUT2D eigenvalue weighted by atomic mass is 32.2. The highest BCUT2D eigenvalue weighted by Crippen LogP contribution is 2.29. The van der Waals surface area contributed by atoms with E-state index in [0.29, 0.717) is 19.3 Å². The number of carbonyl (C=O) groups is 1. The largest absolute Gasteiger partial charge is 0.480 e. The van der Waals surface area contributed by atoms with Gasteiger partial charge in [-0.2, -0.15) is 4.31 Å². The molecule has 0 aromatic carbocycles. The molecule has 7 nitrogen and oxygen atoms in total. The van der Waals surface area contributed by atoms with Gasteiger partial charge in [-0.25, -0.2) is 13.4 Å². The van der Waals surface area contributed by atoms with E-state index in [-0.39, 0.29) is 11.1 Å². The molecule has 0 bridgehead atoms. The second-order valence-electron chi connectivity index (χ2n) is 4.85. The third-order valence-corrected chi connectivity index (χ3v) is 5.26. The number of rotatable bonds is 3. The van der Waals surface area contributed by atoms with Crippen LogP contribution in [0.5, 0.6) is 0 Å². The number of aliphatic carboxylic acids is 1. The molecule has 2 heterocycles. The van der Waals surface area contributed by atoms with Gasteiger partial charge in [0.15, 0.2) is 5.03 Å². The van der Waals surface area contributed by atoms with Crippen molar-refractivity contribution in [2.75, 3.05) is 0 Å². The van der Waals surface area contributed by atoms with Gasteiger partial charge in [-0.15, -0.1) is 0 Å². The summed E-state index contributed by atoms with van der Waals surface area (Å²) in [5.41, 5.74) is 0. The lowest BCUT2D eigenvalue weighted by atomic mass is 10.00. The average molecular weight is 287 g/mol. The van der Waals surface area contributed by atoms with E-state index in [0.717, 1.165) is 4.31 Å². The molecule has 1 fully saturated rings. The fraction of sp³-hybridized carbons (Fsp3) is 0.636. The van der Waals surface area contributed by atoms with Crippen molar-refractivity contribution in [3.8, 4) is 0 Å². The number of carboxylic acids is 1. The van der Waals surface area contributed by atoms with E-state index in [4.69, 9.17) is 0 Å². The van der Waals surface area contributed by atoms with Crippen molar-refractivity contribution >= 4 is 16.0 Å². The molecule has 0 spiro atoms. The van der Waals surface area contributed by atoms with E-state index in [1.165, 1.54) is 17.1 Å². The maximum absolute atomic E-state index is 12.5. The Morgan fingerprint density at radius 1 is 1.47 bits per heavy atom. The second-order valence-corrected chi connectivity index (χ2v) is 6.64. The van der Waals surface area contributed by atoms with Crippen LogP contribution in [0, 0.1) is 0 Å². The van der Waals surface area contributed by atoms with Crippen LogP contribution in [0.3, 0.4) is 0 Å². The van der Waals surface area contributed by atoms with Crippen LogP contribution < -0.4 is 0 Å². The van der Waals surface area contributed by atoms with Gasteiger partial charge in [0.1, 0.15) is 6.04 Å². The molecule has 1 N–H and O–H groups in total. The van der Waals surface area contributed by atoms with Crippen molar-refractivity contribution in [1.82, 2.24) is 13.9 Å². The molecule has 1 aromatic heterocycles. The Bertz CT molecular complexity index is 581. The van der Waals surface area contributed by atoms with Gasteiger partial charge in [0, 0.05) is 19.3 Å². The van der Waals surface area contributed by atoms with Crippen LogP contribution in [0.2, 0.25) is 0 Å². The van der Waals surface area contributed by atoms with Gasteiger partial charge in [0.05, 0.1) is 6.33 Å². The Balaban J connectivity index is 2.43. The van der Waals surface area contributed by atoms with Crippen LogP contribution in [-0.2, 0) is 21.9 Å². The highest BCUT2D eigenvalue weighted by molar-refractivity contribution is 7.89. The van der Waals surface area contributed by atoms with E-state index >= 15 is 0 Å². The zero-order valence-electron chi connectivity index (χ0n) is 10.9. The molecule has 2 rings (SSSR count). The quantitative estimate of drug-likeness (QED) is 0.870. The van der Waals surface area contributed by atoms with Crippen LogP contribution in [0.1, 0.15) is 26.2 Å². The van der Waals surface area contributed by atoms with Crippen molar-refractivity contribution in [1.29, 1.82) is 0 Å². The van der Waals surface area contributed by atoms with Crippen molar-refractivity contribution in [3.05, 3.63) is 12.5 Å². The minimum absolute atomic E-state index is 0.102. The summed E-state index contributed by atoms with van der Waals surface area (Å²) in [6.07, 6.45) is 4.49. The monoisotopic (exact) mass is 287 g/mol. The summed E-state index contributed by atoms with van der Waals surface area (Å²) in [5.74, 6) is -1.11. The molecular weight excluding hydrogens is 270 g/mol. The standard InChI is InChI=1S/C11H17N3O4S/c1-8-4-3-5-9(11(15)16)14(8)19(17,18)10-6-13(2)7-12-10/h6-9H,3-5H2,1-2H3,(H,15,16)/t8-,9-/m1/s1. The summed E-state index contributed by atoms with van der Waals surface area (Å²) in [5, 5.41) is 9.11. The van der Waals surface area contributed by atoms with Crippen molar-refractivity contribution in [3.63, 3.8) is 0 Å². The first kappa shape index (κ1) is 14.0. The summed E-state index contributed by atoms with van der Waals surface area (Å²) in [6, 6.07) is -1.34. The molecule has 1 aliphatic rings. The van der Waals surface area contributed by atoms with Crippen LogP contribution in [0.4, 0.5) is 0 Å². The third kappa shape index (κ3) is 2.50. The van der Waals surface area contributed by atoms with Crippen molar-refractivity contribution in [2.24, 2.45) is 7.05 Å². The van der Waals surface area contributed by atoms with Crippen LogP contribution in [-0.4, -0.2) is 45.4 Å². The molecule has 1 aromatic rings.